The van der Waals surface area contributed by atoms with Gasteiger partial charge in [-0.25, -0.2) is 4.68 Å². The minimum absolute atomic E-state index is 0.0640. The van der Waals surface area contributed by atoms with Gasteiger partial charge in [-0.2, -0.15) is 16.4 Å². The van der Waals surface area contributed by atoms with Gasteiger partial charge in [0.1, 0.15) is 23.6 Å². The lowest BCUT2D eigenvalue weighted by Crippen LogP contribution is -2.65. The number of ether oxygens (including phenoxy) is 4. The van der Waals surface area contributed by atoms with Crippen LogP contribution >= 0.6 is 11.3 Å². The van der Waals surface area contributed by atoms with Crippen molar-refractivity contribution in [2.45, 2.75) is 12.1 Å². The smallest absolute Gasteiger partial charge is 0.275 e. The van der Waals surface area contributed by atoms with E-state index in [1.807, 2.05) is 53.0 Å². The van der Waals surface area contributed by atoms with Crippen molar-refractivity contribution in [3.63, 3.8) is 0 Å². The van der Waals surface area contributed by atoms with Crippen molar-refractivity contribution in [3.8, 4) is 39.6 Å². The molecule has 0 aliphatic carbocycles. The van der Waals surface area contributed by atoms with Gasteiger partial charge in [-0.3, -0.25) is 4.79 Å². The summed E-state index contributed by atoms with van der Waals surface area (Å²) in [6, 6.07) is 7.49. The van der Waals surface area contributed by atoms with Crippen molar-refractivity contribution in [3.05, 3.63) is 58.7 Å². The van der Waals surface area contributed by atoms with Crippen LogP contribution < -0.4 is 9.47 Å². The zero-order valence-corrected chi connectivity index (χ0v) is 21.0. The Morgan fingerprint density at radius 3 is 2.86 bits per heavy atom. The number of aryl methyl sites for hydroxylation is 1. The molecule has 1 aromatic carbocycles. The van der Waals surface area contributed by atoms with Crippen molar-refractivity contribution in [1.82, 2.24) is 19.2 Å². The van der Waals surface area contributed by atoms with E-state index in [0.29, 0.717) is 38.9 Å². The van der Waals surface area contributed by atoms with Gasteiger partial charge in [-0.1, -0.05) is 0 Å². The molecule has 10 heteroatoms. The summed E-state index contributed by atoms with van der Waals surface area (Å²) < 4.78 is 72.8. The summed E-state index contributed by atoms with van der Waals surface area (Å²) in [4.78, 5) is 15.0. The van der Waals surface area contributed by atoms with E-state index in [4.69, 9.17) is 27.2 Å². The van der Waals surface area contributed by atoms with Gasteiger partial charge in [0.15, 0.2) is 5.69 Å². The highest BCUT2D eigenvalue weighted by atomic mass is 32.1. The third kappa shape index (κ3) is 3.75. The average Bonchev–Trinajstić information content (AvgIpc) is 3.67. The number of likely N-dealkylation sites (N-methyl/N-ethyl adjacent to an activating group) is 1. The van der Waals surface area contributed by atoms with E-state index in [9.17, 15) is 4.79 Å². The molecule has 0 bridgehead atoms. The van der Waals surface area contributed by atoms with Gasteiger partial charge in [0, 0.05) is 71.3 Å². The van der Waals surface area contributed by atoms with Gasteiger partial charge in [-0.05, 0) is 23.6 Å². The maximum Gasteiger partial charge on any atom is 0.275 e. The Balaban J connectivity index is 1.52. The van der Waals surface area contributed by atoms with E-state index in [1.165, 1.54) is 11.3 Å². The number of hydrogen-bond donors (Lipinski definition) is 0. The Kier molecular flexibility index (Phi) is 4.35. The lowest BCUT2D eigenvalue weighted by molar-refractivity contribution is -0.144. The fraction of sp³-hybridized carbons (Fsp3) is 0.333. The number of carbonyl (C=O) groups excluding carboxylic acids is 1. The van der Waals surface area contributed by atoms with Crippen LogP contribution in [0, 0.1) is 0 Å². The molecule has 0 spiro atoms. The second-order valence-corrected chi connectivity index (χ2v) is 9.90. The van der Waals surface area contributed by atoms with Crippen molar-refractivity contribution in [2.24, 2.45) is 7.05 Å². The molecule has 0 saturated carbocycles. The van der Waals surface area contributed by atoms with Crippen LogP contribution in [0.1, 0.15) is 24.3 Å². The molecule has 0 radical (unpaired) electrons. The fourth-order valence-electron chi connectivity index (χ4n) is 4.74. The molecular weight excluding hydrogens is 492 g/mol. The number of amides is 1. The van der Waals surface area contributed by atoms with Crippen LogP contribution in [0.2, 0.25) is 0 Å². The molecule has 1 amide bonds. The van der Waals surface area contributed by atoms with Gasteiger partial charge in [0.25, 0.3) is 5.91 Å². The summed E-state index contributed by atoms with van der Waals surface area (Å²) in [5.41, 5.74) is 2.34. The van der Waals surface area contributed by atoms with Crippen molar-refractivity contribution in [1.29, 1.82) is 0 Å². The molecule has 2 aliphatic heterocycles. The Bertz CT molecular complexity index is 1670. The van der Waals surface area contributed by atoms with E-state index in [1.54, 1.807) is 17.9 Å². The molecule has 0 atom stereocenters. The number of benzene rings is 1. The standard InChI is InChI=1S/C27H28N4O5S/c1-29-7-5-17(11-29)19-9-20-23(10-22(19)34-4)36-12-21-24(28-31(25(20)21)18-6-8-37-13-18)26(32)30(2)27(14-33-3)15-35-16-27/h5-11,13H,12,14-16H2,1-4H3/i2D3,3D3. The second kappa shape index (κ2) is 9.05. The first-order chi connectivity index (χ1) is 20.3. The molecule has 0 N–H and O–H groups in total. The third-order valence-electron chi connectivity index (χ3n) is 6.77. The summed E-state index contributed by atoms with van der Waals surface area (Å²) in [5, 5.41) is 8.41. The molecule has 3 aromatic heterocycles. The van der Waals surface area contributed by atoms with Gasteiger partial charge in [0.05, 0.1) is 42.4 Å². The number of hydrogen-bond acceptors (Lipinski definition) is 7. The number of carbonyl (C=O) groups is 1. The van der Waals surface area contributed by atoms with E-state index in [-0.39, 0.29) is 25.5 Å². The van der Waals surface area contributed by atoms with Crippen molar-refractivity contribution in [2.75, 3.05) is 40.9 Å². The Morgan fingerprint density at radius 2 is 2.22 bits per heavy atom. The molecule has 2 aliphatic rings. The number of aromatic nitrogens is 3. The zero-order valence-electron chi connectivity index (χ0n) is 26.2. The molecular formula is C27H28N4O5S. The topological polar surface area (TPSA) is 80.0 Å². The van der Waals surface area contributed by atoms with E-state index < -0.39 is 32.1 Å². The monoisotopic (exact) mass is 526 g/mol. The maximum atomic E-state index is 14.3. The first-order valence-electron chi connectivity index (χ1n) is 14.5. The van der Waals surface area contributed by atoms with E-state index >= 15 is 0 Å². The van der Waals surface area contributed by atoms with Gasteiger partial charge in [0.2, 0.25) is 0 Å². The van der Waals surface area contributed by atoms with Crippen LogP contribution in [0.5, 0.6) is 11.5 Å². The highest BCUT2D eigenvalue weighted by Crippen LogP contribution is 2.46. The fourth-order valence-corrected chi connectivity index (χ4v) is 5.36. The van der Waals surface area contributed by atoms with E-state index in [0.717, 1.165) is 11.1 Å². The molecule has 37 heavy (non-hydrogen) atoms. The Hall–Kier alpha value is -3.60. The first kappa shape index (κ1) is 17.8. The number of rotatable bonds is 7. The minimum atomic E-state index is -2.96. The largest absolute Gasteiger partial charge is 0.496 e. The highest BCUT2D eigenvalue weighted by molar-refractivity contribution is 7.08. The maximum absolute atomic E-state index is 14.3. The summed E-state index contributed by atoms with van der Waals surface area (Å²) in [6.07, 6.45) is 3.87. The summed E-state index contributed by atoms with van der Waals surface area (Å²) >= 11 is 1.44. The van der Waals surface area contributed by atoms with Crippen LogP contribution in [-0.2, 0) is 23.1 Å². The summed E-state index contributed by atoms with van der Waals surface area (Å²) in [6.45, 7) is -3.99. The number of fused-ring (bicyclic) bond motifs is 3. The van der Waals surface area contributed by atoms with Gasteiger partial charge < -0.3 is 28.4 Å². The normalized spacial score (nSPS) is 18.4. The van der Waals surface area contributed by atoms with Crippen LogP contribution in [0.3, 0.4) is 0 Å². The van der Waals surface area contributed by atoms with Crippen molar-refractivity contribution >= 4 is 17.2 Å². The van der Waals surface area contributed by atoms with Gasteiger partial charge in [-0.15, -0.1) is 0 Å². The Morgan fingerprint density at radius 1 is 1.32 bits per heavy atom. The molecule has 6 rings (SSSR count). The number of methoxy groups -OCH3 is 2. The minimum Gasteiger partial charge on any atom is -0.496 e. The molecule has 0 unspecified atom stereocenters. The predicted molar refractivity (Wildman–Crippen MR) is 140 cm³/mol. The van der Waals surface area contributed by atoms with Crippen LogP contribution in [-0.4, -0.2) is 71.6 Å². The second-order valence-electron chi connectivity index (χ2n) is 9.12. The van der Waals surface area contributed by atoms with Crippen LogP contribution in [0.15, 0.2) is 47.4 Å². The summed E-state index contributed by atoms with van der Waals surface area (Å²) in [7, 11) is 0.702. The third-order valence-corrected chi connectivity index (χ3v) is 7.44. The SMILES string of the molecule is [2H]C([2H])([2H])OCC1(N(C(=O)c2nn(-c3ccsc3)c3c2COc2cc(OC)c(-c4ccn(C)c4)cc2-3)C([2H])([2H])[2H])COC1. The lowest BCUT2D eigenvalue weighted by atomic mass is 9.94. The van der Waals surface area contributed by atoms with Crippen molar-refractivity contribution < 1.29 is 32.0 Å². The van der Waals surface area contributed by atoms with Gasteiger partial charge >= 0.3 is 0 Å². The first-order valence-corrected chi connectivity index (χ1v) is 12.4. The highest BCUT2D eigenvalue weighted by Gasteiger charge is 2.46. The lowest BCUT2D eigenvalue weighted by Gasteiger charge is -2.47. The molecule has 1 fully saturated rings. The molecule has 4 aromatic rings. The molecule has 192 valence electrons. The average molecular weight is 527 g/mol. The predicted octanol–water partition coefficient (Wildman–Crippen LogP) is 3.99. The number of thiophene rings is 1. The molecule has 1 saturated heterocycles. The van der Waals surface area contributed by atoms with E-state index in [2.05, 4.69) is 5.10 Å². The van der Waals surface area contributed by atoms with Crippen LogP contribution in [0.25, 0.3) is 28.1 Å². The summed E-state index contributed by atoms with van der Waals surface area (Å²) in [5.74, 6) is 0.203. The molecule has 9 nitrogen and oxygen atoms in total. The Labute approximate surface area is 227 Å². The quantitative estimate of drug-likeness (QED) is 0.362. The molecule has 5 heterocycles. The number of nitrogens with zero attached hydrogens (tertiary/aromatic N) is 4. The zero-order chi connectivity index (χ0) is 30.7. The van der Waals surface area contributed by atoms with Crippen LogP contribution in [0.4, 0.5) is 0 Å².